The van der Waals surface area contributed by atoms with Crippen LogP contribution in [0.4, 0.5) is 0 Å². The highest BCUT2D eigenvalue weighted by molar-refractivity contribution is 5.26. The predicted molar refractivity (Wildman–Crippen MR) is 45.1 cm³/mol. The van der Waals surface area contributed by atoms with Gasteiger partial charge in [0, 0.05) is 6.20 Å². The summed E-state index contributed by atoms with van der Waals surface area (Å²) in [4.78, 5) is 0. The zero-order valence-electron chi connectivity index (χ0n) is 6.94. The van der Waals surface area contributed by atoms with Crippen LogP contribution in [-0.2, 0) is 0 Å². The van der Waals surface area contributed by atoms with Gasteiger partial charge in [0.05, 0.1) is 0 Å². The quantitative estimate of drug-likeness (QED) is 0.355. The lowest BCUT2D eigenvalue weighted by Gasteiger charge is -2.09. The maximum atomic E-state index is 5.14. The van der Waals surface area contributed by atoms with E-state index in [0.717, 1.165) is 5.57 Å². The molecular formula is C8H16N2. The fourth-order valence-corrected chi connectivity index (χ4v) is 0.872. The van der Waals surface area contributed by atoms with E-state index in [-0.39, 0.29) is 0 Å². The van der Waals surface area contributed by atoms with Crippen LogP contribution in [0.1, 0.15) is 20.8 Å². The Labute approximate surface area is 62.8 Å². The van der Waals surface area contributed by atoms with Crippen LogP contribution < -0.4 is 11.3 Å². The van der Waals surface area contributed by atoms with Gasteiger partial charge in [0.2, 0.25) is 0 Å². The van der Waals surface area contributed by atoms with Crippen LogP contribution in [0.5, 0.6) is 0 Å². The normalized spacial score (nSPS) is 11.9. The molecule has 0 aromatic carbocycles. The largest absolute Gasteiger partial charge is 0.331 e. The molecule has 0 aliphatic carbocycles. The zero-order valence-corrected chi connectivity index (χ0v) is 6.94. The van der Waals surface area contributed by atoms with Crippen molar-refractivity contribution in [2.24, 2.45) is 11.8 Å². The first-order valence-electron chi connectivity index (χ1n) is 3.41. The van der Waals surface area contributed by atoms with Crippen LogP contribution in [0.2, 0.25) is 0 Å². The van der Waals surface area contributed by atoms with Gasteiger partial charge in [-0.1, -0.05) is 26.0 Å². The number of rotatable bonds is 3. The molecule has 0 rings (SSSR count). The van der Waals surface area contributed by atoms with Crippen LogP contribution in [0, 0.1) is 5.92 Å². The molecule has 58 valence electrons. The van der Waals surface area contributed by atoms with Gasteiger partial charge in [0.25, 0.3) is 0 Å². The molecule has 0 radical (unpaired) electrons. The summed E-state index contributed by atoms with van der Waals surface area (Å²) in [5.41, 5.74) is 4.74. The molecule has 0 saturated carbocycles. The molecule has 0 fully saturated rings. The molecule has 0 bridgehead atoms. The maximum absolute atomic E-state index is 5.14. The molecule has 10 heavy (non-hydrogen) atoms. The average molecular weight is 140 g/mol. The highest BCUT2D eigenvalue weighted by Gasteiger charge is 2.01. The number of allylic oxidation sites excluding steroid dienone is 2. The minimum Gasteiger partial charge on any atom is -0.331 e. The van der Waals surface area contributed by atoms with Crippen LogP contribution in [0.15, 0.2) is 23.9 Å². The third-order valence-electron chi connectivity index (χ3n) is 1.35. The van der Waals surface area contributed by atoms with Crippen molar-refractivity contribution in [3.63, 3.8) is 0 Å². The summed E-state index contributed by atoms with van der Waals surface area (Å²) in [5, 5.41) is 0. The summed E-state index contributed by atoms with van der Waals surface area (Å²) in [6.45, 7) is 10.0. The lowest BCUT2D eigenvalue weighted by atomic mass is 9.99. The van der Waals surface area contributed by atoms with Gasteiger partial charge in [0.1, 0.15) is 0 Å². The number of nitrogens with two attached hydrogens (primary N) is 1. The molecule has 0 atom stereocenters. The molecule has 2 nitrogen and oxygen atoms in total. The van der Waals surface area contributed by atoms with Gasteiger partial charge in [-0.05, 0) is 18.4 Å². The second kappa shape index (κ2) is 4.12. The van der Waals surface area contributed by atoms with Gasteiger partial charge >= 0.3 is 0 Å². The molecule has 0 saturated heterocycles. The molecule has 0 amide bonds. The van der Waals surface area contributed by atoms with E-state index in [1.807, 2.05) is 6.92 Å². The predicted octanol–water partition coefficient (Wildman–Crippen LogP) is 1.57. The summed E-state index contributed by atoms with van der Waals surface area (Å²) in [6, 6.07) is 0. The van der Waals surface area contributed by atoms with Crippen molar-refractivity contribution in [1.82, 2.24) is 5.43 Å². The molecule has 0 spiro atoms. The highest BCUT2D eigenvalue weighted by Crippen LogP contribution is 2.15. The summed E-state index contributed by atoms with van der Waals surface area (Å²) in [7, 11) is 0. The Morgan fingerprint density at radius 1 is 1.60 bits per heavy atom. The molecule has 0 aromatic rings. The first-order valence-corrected chi connectivity index (χ1v) is 3.41. The van der Waals surface area contributed by atoms with E-state index in [1.165, 1.54) is 5.57 Å². The molecule has 3 N–H and O–H groups in total. The van der Waals surface area contributed by atoms with Gasteiger partial charge in [-0.2, -0.15) is 0 Å². The molecule has 0 aliphatic heterocycles. The van der Waals surface area contributed by atoms with E-state index < -0.39 is 0 Å². The summed E-state index contributed by atoms with van der Waals surface area (Å²) < 4.78 is 0. The number of nitrogens with one attached hydrogen (secondary N) is 1. The van der Waals surface area contributed by atoms with E-state index in [2.05, 4.69) is 25.9 Å². The first-order chi connectivity index (χ1) is 4.59. The summed E-state index contributed by atoms with van der Waals surface area (Å²) >= 11 is 0. The smallest absolute Gasteiger partial charge is 0.0160 e. The Morgan fingerprint density at radius 2 is 2.10 bits per heavy atom. The van der Waals surface area contributed by atoms with E-state index in [0.29, 0.717) is 5.92 Å². The molecular weight excluding hydrogens is 124 g/mol. The van der Waals surface area contributed by atoms with Crippen LogP contribution in [-0.4, -0.2) is 0 Å². The SMILES string of the molecule is C=C(C)/C(=C\NN)C(C)C. The second-order valence-corrected chi connectivity index (χ2v) is 2.70. The molecule has 0 aliphatic rings. The van der Waals surface area contributed by atoms with E-state index in [9.17, 15) is 0 Å². The van der Waals surface area contributed by atoms with Gasteiger partial charge in [-0.15, -0.1) is 0 Å². The Morgan fingerprint density at radius 3 is 2.20 bits per heavy atom. The van der Waals surface area contributed by atoms with Gasteiger partial charge in [0.15, 0.2) is 0 Å². The maximum Gasteiger partial charge on any atom is 0.0160 e. The fourth-order valence-electron chi connectivity index (χ4n) is 0.872. The summed E-state index contributed by atoms with van der Waals surface area (Å²) in [5.74, 6) is 5.62. The molecule has 0 heterocycles. The van der Waals surface area contributed by atoms with E-state index >= 15 is 0 Å². The lowest BCUT2D eigenvalue weighted by molar-refractivity contribution is 0.761. The number of hydrogen-bond donors (Lipinski definition) is 2. The van der Waals surface area contributed by atoms with Crippen molar-refractivity contribution in [3.05, 3.63) is 23.9 Å². The highest BCUT2D eigenvalue weighted by atomic mass is 15.2. The summed E-state index contributed by atoms with van der Waals surface area (Å²) in [6.07, 6.45) is 1.78. The van der Waals surface area contributed by atoms with Crippen molar-refractivity contribution in [2.45, 2.75) is 20.8 Å². The Hall–Kier alpha value is -0.760. The topological polar surface area (TPSA) is 38.0 Å². The van der Waals surface area contributed by atoms with Crippen molar-refractivity contribution >= 4 is 0 Å². The van der Waals surface area contributed by atoms with Crippen molar-refractivity contribution in [3.8, 4) is 0 Å². The van der Waals surface area contributed by atoms with E-state index in [4.69, 9.17) is 5.84 Å². The van der Waals surface area contributed by atoms with Gasteiger partial charge in [-0.25, -0.2) is 0 Å². The first kappa shape index (κ1) is 9.24. The van der Waals surface area contributed by atoms with Crippen LogP contribution in [0.25, 0.3) is 0 Å². The minimum absolute atomic E-state index is 0.480. The average Bonchev–Trinajstić information content (AvgIpc) is 1.81. The number of hydrogen-bond acceptors (Lipinski definition) is 2. The third kappa shape index (κ3) is 2.69. The molecule has 0 aromatic heterocycles. The number of hydrazine groups is 1. The van der Waals surface area contributed by atoms with Crippen molar-refractivity contribution < 1.29 is 0 Å². The Kier molecular flexibility index (Phi) is 3.81. The van der Waals surface area contributed by atoms with Crippen LogP contribution >= 0.6 is 0 Å². The molecule has 2 heteroatoms. The second-order valence-electron chi connectivity index (χ2n) is 2.70. The monoisotopic (exact) mass is 140 g/mol. The van der Waals surface area contributed by atoms with E-state index in [1.54, 1.807) is 6.20 Å². The lowest BCUT2D eigenvalue weighted by Crippen LogP contribution is -2.15. The minimum atomic E-state index is 0.480. The van der Waals surface area contributed by atoms with Crippen LogP contribution in [0.3, 0.4) is 0 Å². The third-order valence-corrected chi connectivity index (χ3v) is 1.35. The Balaban J connectivity index is 4.27. The van der Waals surface area contributed by atoms with Gasteiger partial charge in [-0.3, -0.25) is 5.84 Å². The van der Waals surface area contributed by atoms with Crippen molar-refractivity contribution in [2.75, 3.05) is 0 Å². The Bertz CT molecular complexity index is 145. The fraction of sp³-hybridized carbons (Fsp3) is 0.500. The van der Waals surface area contributed by atoms with Gasteiger partial charge < -0.3 is 5.43 Å². The molecule has 0 unspecified atom stereocenters. The van der Waals surface area contributed by atoms with Crippen molar-refractivity contribution in [1.29, 1.82) is 0 Å². The standard InChI is InChI=1S/C8H16N2/c1-6(2)8(5-10-9)7(3)4/h5,7,10H,1,9H2,2-4H3/b8-5+. The zero-order chi connectivity index (χ0) is 8.15.